The van der Waals surface area contributed by atoms with Crippen molar-refractivity contribution in [3.63, 3.8) is 0 Å². The maximum absolute atomic E-state index is 10.2. The van der Waals surface area contributed by atoms with E-state index in [1.54, 1.807) is 0 Å². The number of aliphatic hydroxyl groups excluding tert-OH is 1. The van der Waals surface area contributed by atoms with E-state index < -0.39 is 6.10 Å². The van der Waals surface area contributed by atoms with Gasteiger partial charge in [-0.15, -0.1) is 0 Å². The van der Waals surface area contributed by atoms with Crippen LogP contribution in [0.15, 0.2) is 71.2 Å². The Morgan fingerprint density at radius 3 is 2.45 bits per heavy atom. The predicted molar refractivity (Wildman–Crippen MR) is 93.2 cm³/mol. The number of rotatable bonds is 5. The fourth-order valence-corrected chi connectivity index (χ4v) is 2.72. The molecule has 3 rings (SSSR count). The van der Waals surface area contributed by atoms with Crippen LogP contribution in [0.2, 0.25) is 0 Å². The van der Waals surface area contributed by atoms with Crippen LogP contribution in [0.25, 0.3) is 10.8 Å². The quantitative estimate of drug-likeness (QED) is 0.688. The Balaban J connectivity index is 1.63. The minimum Gasteiger partial charge on any atom is -0.493 e. The van der Waals surface area contributed by atoms with Gasteiger partial charge in [0, 0.05) is 16.3 Å². The van der Waals surface area contributed by atoms with Crippen LogP contribution in [0.3, 0.4) is 0 Å². The molecular formula is C19H17BrO2. The first kappa shape index (κ1) is 15.1. The largest absolute Gasteiger partial charge is 0.493 e. The highest BCUT2D eigenvalue weighted by molar-refractivity contribution is 9.10. The summed E-state index contributed by atoms with van der Waals surface area (Å²) in [6.07, 6.45) is 0.0493. The third-order valence-corrected chi connectivity index (χ3v) is 4.18. The minimum absolute atomic E-state index is 0.477. The van der Waals surface area contributed by atoms with Gasteiger partial charge in [0.25, 0.3) is 0 Å². The van der Waals surface area contributed by atoms with E-state index in [1.165, 1.54) is 0 Å². The second-order valence-corrected chi connectivity index (χ2v) is 6.10. The standard InChI is InChI=1S/C19H17BrO2/c20-16-10-8-15(9-11-16)18(21)12-13-22-19-7-3-5-14-4-1-2-6-17(14)19/h1-11,18,21H,12-13H2. The lowest BCUT2D eigenvalue weighted by atomic mass is 10.1. The highest BCUT2D eigenvalue weighted by Gasteiger charge is 2.08. The molecule has 1 N–H and O–H groups in total. The molecule has 0 fully saturated rings. The highest BCUT2D eigenvalue weighted by atomic mass is 79.9. The summed E-state index contributed by atoms with van der Waals surface area (Å²) in [6.45, 7) is 0.477. The molecule has 0 aliphatic heterocycles. The van der Waals surface area contributed by atoms with E-state index >= 15 is 0 Å². The van der Waals surface area contributed by atoms with Crippen LogP contribution in [0.5, 0.6) is 5.75 Å². The maximum Gasteiger partial charge on any atom is 0.127 e. The van der Waals surface area contributed by atoms with Gasteiger partial charge in [-0.25, -0.2) is 0 Å². The molecule has 112 valence electrons. The van der Waals surface area contributed by atoms with Crippen molar-refractivity contribution in [1.29, 1.82) is 0 Å². The van der Waals surface area contributed by atoms with Gasteiger partial charge in [-0.3, -0.25) is 0 Å². The zero-order valence-corrected chi connectivity index (χ0v) is 13.7. The van der Waals surface area contributed by atoms with Gasteiger partial charge in [-0.05, 0) is 29.1 Å². The molecule has 0 amide bonds. The van der Waals surface area contributed by atoms with E-state index in [1.807, 2.05) is 48.5 Å². The summed E-state index contributed by atoms with van der Waals surface area (Å²) < 4.78 is 6.88. The molecule has 0 saturated carbocycles. The fraction of sp³-hybridized carbons (Fsp3) is 0.158. The van der Waals surface area contributed by atoms with Crippen LogP contribution in [0.4, 0.5) is 0 Å². The second kappa shape index (κ2) is 6.95. The van der Waals surface area contributed by atoms with Gasteiger partial charge >= 0.3 is 0 Å². The van der Waals surface area contributed by atoms with Crippen molar-refractivity contribution in [3.05, 3.63) is 76.8 Å². The van der Waals surface area contributed by atoms with Gasteiger partial charge in [-0.1, -0.05) is 64.5 Å². The van der Waals surface area contributed by atoms with Crippen molar-refractivity contribution in [2.24, 2.45) is 0 Å². The van der Waals surface area contributed by atoms with E-state index in [2.05, 4.69) is 34.1 Å². The molecule has 0 saturated heterocycles. The average Bonchev–Trinajstić information content (AvgIpc) is 2.55. The van der Waals surface area contributed by atoms with Crippen molar-refractivity contribution in [2.75, 3.05) is 6.61 Å². The Bertz CT molecular complexity index is 747. The van der Waals surface area contributed by atoms with Crippen LogP contribution in [-0.4, -0.2) is 11.7 Å². The summed E-state index contributed by atoms with van der Waals surface area (Å²) >= 11 is 3.39. The smallest absolute Gasteiger partial charge is 0.127 e. The molecule has 1 atom stereocenters. The Labute approximate surface area is 138 Å². The third kappa shape index (κ3) is 3.49. The molecule has 0 aromatic heterocycles. The molecule has 0 heterocycles. The van der Waals surface area contributed by atoms with Crippen molar-refractivity contribution in [1.82, 2.24) is 0 Å². The van der Waals surface area contributed by atoms with Gasteiger partial charge in [0.05, 0.1) is 12.7 Å². The van der Waals surface area contributed by atoms with Crippen LogP contribution in [0.1, 0.15) is 18.1 Å². The number of halogens is 1. The SMILES string of the molecule is OC(CCOc1cccc2ccccc12)c1ccc(Br)cc1. The normalized spacial score (nSPS) is 12.3. The van der Waals surface area contributed by atoms with Gasteiger partial charge in [0.1, 0.15) is 5.75 Å². The highest BCUT2D eigenvalue weighted by Crippen LogP contribution is 2.26. The lowest BCUT2D eigenvalue weighted by Gasteiger charge is -2.13. The lowest BCUT2D eigenvalue weighted by molar-refractivity contribution is 0.141. The summed E-state index contributed by atoms with van der Waals surface area (Å²) in [5, 5.41) is 12.5. The third-order valence-electron chi connectivity index (χ3n) is 3.65. The molecule has 3 aromatic rings. The molecule has 0 spiro atoms. The molecule has 2 nitrogen and oxygen atoms in total. The second-order valence-electron chi connectivity index (χ2n) is 5.18. The van der Waals surface area contributed by atoms with Crippen LogP contribution >= 0.6 is 15.9 Å². The molecule has 0 aliphatic rings. The molecular weight excluding hydrogens is 340 g/mol. The van der Waals surface area contributed by atoms with Crippen LogP contribution < -0.4 is 4.74 Å². The molecule has 3 aromatic carbocycles. The average molecular weight is 357 g/mol. The van der Waals surface area contributed by atoms with Crippen LogP contribution in [0, 0.1) is 0 Å². The zero-order chi connectivity index (χ0) is 15.4. The molecule has 22 heavy (non-hydrogen) atoms. The Morgan fingerprint density at radius 2 is 1.64 bits per heavy atom. The number of ether oxygens (including phenoxy) is 1. The predicted octanol–water partition coefficient (Wildman–Crippen LogP) is 5.10. The molecule has 1 unspecified atom stereocenters. The lowest BCUT2D eigenvalue weighted by Crippen LogP contribution is -2.05. The van der Waals surface area contributed by atoms with E-state index in [0.717, 1.165) is 26.6 Å². The molecule has 0 aliphatic carbocycles. The number of fused-ring (bicyclic) bond motifs is 1. The minimum atomic E-state index is -0.511. The van der Waals surface area contributed by atoms with E-state index in [9.17, 15) is 5.11 Å². The summed E-state index contributed by atoms with van der Waals surface area (Å²) in [4.78, 5) is 0. The Morgan fingerprint density at radius 1 is 0.909 bits per heavy atom. The van der Waals surface area contributed by atoms with E-state index in [-0.39, 0.29) is 0 Å². The maximum atomic E-state index is 10.2. The number of hydrogen-bond acceptors (Lipinski definition) is 2. The van der Waals surface area contributed by atoms with E-state index in [4.69, 9.17) is 4.74 Å². The monoisotopic (exact) mass is 356 g/mol. The van der Waals surface area contributed by atoms with Gasteiger partial charge in [-0.2, -0.15) is 0 Å². The number of benzene rings is 3. The number of aliphatic hydroxyl groups is 1. The van der Waals surface area contributed by atoms with Gasteiger partial charge < -0.3 is 9.84 Å². The summed E-state index contributed by atoms with van der Waals surface area (Å²) in [7, 11) is 0. The fourth-order valence-electron chi connectivity index (χ4n) is 2.45. The van der Waals surface area contributed by atoms with Crippen molar-refractivity contribution < 1.29 is 9.84 Å². The summed E-state index contributed by atoms with van der Waals surface area (Å²) in [5.41, 5.74) is 0.907. The van der Waals surface area contributed by atoms with Crippen molar-refractivity contribution in [3.8, 4) is 5.75 Å². The first-order valence-corrected chi connectivity index (χ1v) is 8.07. The zero-order valence-electron chi connectivity index (χ0n) is 12.1. The summed E-state index contributed by atoms with van der Waals surface area (Å²) in [5.74, 6) is 0.862. The molecule has 3 heteroatoms. The van der Waals surface area contributed by atoms with Gasteiger partial charge in [0.2, 0.25) is 0 Å². The molecule has 0 bridgehead atoms. The first-order chi connectivity index (χ1) is 10.7. The van der Waals surface area contributed by atoms with Crippen molar-refractivity contribution in [2.45, 2.75) is 12.5 Å². The number of hydrogen-bond donors (Lipinski definition) is 1. The Kier molecular flexibility index (Phi) is 4.76. The summed E-state index contributed by atoms with van der Waals surface area (Å²) in [6, 6.07) is 21.9. The van der Waals surface area contributed by atoms with E-state index in [0.29, 0.717) is 13.0 Å². The van der Waals surface area contributed by atoms with Gasteiger partial charge in [0.15, 0.2) is 0 Å². The molecule has 0 radical (unpaired) electrons. The first-order valence-electron chi connectivity index (χ1n) is 7.28. The van der Waals surface area contributed by atoms with Crippen LogP contribution in [-0.2, 0) is 0 Å². The topological polar surface area (TPSA) is 29.5 Å². The van der Waals surface area contributed by atoms with Crippen molar-refractivity contribution >= 4 is 26.7 Å². The Hall–Kier alpha value is -1.84.